The van der Waals surface area contributed by atoms with Crippen LogP contribution >= 0.6 is 0 Å². The van der Waals surface area contributed by atoms with Crippen LogP contribution in [-0.4, -0.2) is 29.9 Å². The van der Waals surface area contributed by atoms with Crippen LogP contribution in [0.4, 0.5) is 4.79 Å². The molecule has 7 heteroatoms. The average molecular weight is 327 g/mol. The Hall–Kier alpha value is -3.22. The lowest BCUT2D eigenvalue weighted by molar-refractivity contribution is -0.129. The summed E-state index contributed by atoms with van der Waals surface area (Å²) in [6.45, 7) is 1.79. The van der Waals surface area contributed by atoms with Crippen LogP contribution in [0.2, 0.25) is 0 Å². The number of carbonyl (C=O) groups excluding carboxylic acids is 3. The highest BCUT2D eigenvalue weighted by Gasteiger charge is 2.26. The van der Waals surface area contributed by atoms with Gasteiger partial charge in [0.05, 0.1) is 5.56 Å². The summed E-state index contributed by atoms with van der Waals surface area (Å²) in [5.74, 6) is -1.45. The van der Waals surface area contributed by atoms with Crippen LogP contribution in [0.15, 0.2) is 48.7 Å². The number of carbonyl (C=O) groups is 3. The van der Waals surface area contributed by atoms with Gasteiger partial charge in [-0.15, -0.1) is 0 Å². The Kier molecular flexibility index (Phi) is 5.62. The first kappa shape index (κ1) is 17.1. The molecule has 2 N–H and O–H groups in total. The van der Waals surface area contributed by atoms with E-state index < -0.39 is 24.0 Å². The Morgan fingerprint density at radius 3 is 2.38 bits per heavy atom. The Labute approximate surface area is 139 Å². The van der Waals surface area contributed by atoms with Gasteiger partial charge in [0.15, 0.2) is 0 Å². The molecule has 1 aromatic heterocycles. The number of urea groups is 1. The zero-order chi connectivity index (χ0) is 17.5. The molecule has 0 spiro atoms. The lowest BCUT2D eigenvalue weighted by atomic mass is 10.1. The lowest BCUT2D eigenvalue weighted by Gasteiger charge is -2.17. The number of hydrogen-bond acceptors (Lipinski definition) is 5. The highest BCUT2D eigenvalue weighted by molar-refractivity contribution is 5.99. The number of ether oxygens (including phenoxy) is 1. The van der Waals surface area contributed by atoms with Crippen molar-refractivity contribution in [3.63, 3.8) is 0 Å². The second kappa shape index (κ2) is 7.87. The number of imide groups is 1. The summed E-state index contributed by atoms with van der Waals surface area (Å²) in [4.78, 5) is 39.9. The molecule has 124 valence electrons. The summed E-state index contributed by atoms with van der Waals surface area (Å²) < 4.78 is 5.30. The first-order chi connectivity index (χ1) is 11.5. The van der Waals surface area contributed by atoms with Crippen LogP contribution in [0.25, 0.3) is 0 Å². The van der Waals surface area contributed by atoms with Gasteiger partial charge in [0, 0.05) is 24.5 Å². The zero-order valence-corrected chi connectivity index (χ0v) is 13.3. The molecule has 2 aromatic rings. The number of aryl methyl sites for hydroxylation is 1. The van der Waals surface area contributed by atoms with Gasteiger partial charge in [-0.2, -0.15) is 0 Å². The van der Waals surface area contributed by atoms with Crippen molar-refractivity contribution in [3.8, 4) is 0 Å². The predicted octanol–water partition coefficient (Wildman–Crippen LogP) is 1.74. The molecule has 0 aliphatic rings. The normalized spacial score (nSPS) is 11.2. The molecule has 0 fully saturated rings. The molecular weight excluding hydrogens is 310 g/mol. The molecule has 0 bridgehead atoms. The van der Waals surface area contributed by atoms with E-state index in [4.69, 9.17) is 4.74 Å². The number of pyridine rings is 1. The quantitative estimate of drug-likeness (QED) is 0.834. The van der Waals surface area contributed by atoms with E-state index >= 15 is 0 Å². The summed E-state index contributed by atoms with van der Waals surface area (Å²) in [6.07, 6.45) is 0.119. The Bertz CT molecular complexity index is 729. The smallest absolute Gasteiger partial charge is 0.340 e. The number of esters is 1. The molecule has 0 aliphatic carbocycles. The monoisotopic (exact) mass is 327 g/mol. The van der Waals surface area contributed by atoms with E-state index in [1.165, 1.54) is 13.2 Å². The summed E-state index contributed by atoms with van der Waals surface area (Å²) in [7, 11) is 1.38. The van der Waals surface area contributed by atoms with Crippen LogP contribution in [0.1, 0.15) is 27.7 Å². The van der Waals surface area contributed by atoms with Crippen LogP contribution in [0.3, 0.4) is 0 Å². The highest BCUT2D eigenvalue weighted by Crippen LogP contribution is 2.19. The molecule has 7 nitrogen and oxygen atoms in total. The molecular formula is C17H17N3O4. The van der Waals surface area contributed by atoms with Gasteiger partial charge < -0.3 is 10.1 Å². The Balaban J connectivity index is 2.22. The first-order valence-corrected chi connectivity index (χ1v) is 7.22. The number of aromatic nitrogens is 1. The molecule has 1 aromatic carbocycles. The molecule has 1 heterocycles. The van der Waals surface area contributed by atoms with Gasteiger partial charge in [-0.05, 0) is 19.1 Å². The number of benzene rings is 1. The van der Waals surface area contributed by atoms with Crippen molar-refractivity contribution in [3.05, 3.63) is 65.5 Å². The summed E-state index contributed by atoms with van der Waals surface area (Å²) in [5, 5.41) is 4.38. The third-order valence-corrected chi connectivity index (χ3v) is 3.18. The summed E-state index contributed by atoms with van der Waals surface area (Å²) in [6, 6.07) is 11.0. The van der Waals surface area contributed by atoms with Crippen LogP contribution in [-0.2, 0) is 9.53 Å². The van der Waals surface area contributed by atoms with E-state index in [0.29, 0.717) is 5.56 Å². The van der Waals surface area contributed by atoms with Gasteiger partial charge in [0.25, 0.3) is 5.91 Å². The molecule has 1 atom stereocenters. The van der Waals surface area contributed by atoms with E-state index in [1.54, 1.807) is 49.4 Å². The molecule has 24 heavy (non-hydrogen) atoms. The molecule has 3 amide bonds. The number of amides is 3. The zero-order valence-electron chi connectivity index (χ0n) is 13.3. The topological polar surface area (TPSA) is 97.4 Å². The van der Waals surface area contributed by atoms with Crippen molar-refractivity contribution >= 4 is 17.9 Å². The van der Waals surface area contributed by atoms with Crippen molar-refractivity contribution in [2.45, 2.75) is 13.0 Å². The van der Waals surface area contributed by atoms with Crippen molar-refractivity contribution in [2.24, 2.45) is 0 Å². The maximum atomic E-state index is 12.3. The van der Waals surface area contributed by atoms with E-state index in [0.717, 1.165) is 5.69 Å². The summed E-state index contributed by atoms with van der Waals surface area (Å²) in [5.41, 5.74) is 1.42. The number of rotatable bonds is 4. The number of hydrogen-bond donors (Lipinski definition) is 2. The molecule has 0 radical (unpaired) electrons. The fourth-order valence-electron chi connectivity index (χ4n) is 1.90. The van der Waals surface area contributed by atoms with Crippen LogP contribution < -0.4 is 10.6 Å². The first-order valence-electron chi connectivity index (χ1n) is 7.22. The maximum absolute atomic E-state index is 12.3. The molecule has 0 saturated carbocycles. The third-order valence-electron chi connectivity index (χ3n) is 3.18. The maximum Gasteiger partial charge on any atom is 0.340 e. The second-order valence-electron chi connectivity index (χ2n) is 4.95. The SMILES string of the molecule is CNC(=O)NC(=O)C(OC(=O)c1ccc(C)nc1)c1ccccc1. The van der Waals surface area contributed by atoms with Gasteiger partial charge in [-0.3, -0.25) is 15.1 Å². The third kappa shape index (κ3) is 4.39. The summed E-state index contributed by atoms with van der Waals surface area (Å²) >= 11 is 0. The fraction of sp³-hybridized carbons (Fsp3) is 0.176. The van der Waals surface area contributed by atoms with Gasteiger partial charge in [-0.1, -0.05) is 30.3 Å². The van der Waals surface area contributed by atoms with E-state index in [2.05, 4.69) is 15.6 Å². The van der Waals surface area contributed by atoms with Gasteiger partial charge in [0.2, 0.25) is 6.10 Å². The molecule has 1 unspecified atom stereocenters. The van der Waals surface area contributed by atoms with E-state index in [1.807, 2.05) is 0 Å². The van der Waals surface area contributed by atoms with Gasteiger partial charge in [-0.25, -0.2) is 9.59 Å². The van der Waals surface area contributed by atoms with E-state index in [-0.39, 0.29) is 5.56 Å². The Morgan fingerprint density at radius 1 is 1.08 bits per heavy atom. The van der Waals surface area contributed by atoms with Crippen molar-refractivity contribution < 1.29 is 19.1 Å². The lowest BCUT2D eigenvalue weighted by Crippen LogP contribution is -2.41. The van der Waals surface area contributed by atoms with E-state index in [9.17, 15) is 14.4 Å². The molecule has 0 saturated heterocycles. The van der Waals surface area contributed by atoms with Crippen molar-refractivity contribution in [1.82, 2.24) is 15.6 Å². The Morgan fingerprint density at radius 2 is 1.79 bits per heavy atom. The minimum Gasteiger partial charge on any atom is -0.444 e. The van der Waals surface area contributed by atoms with Crippen LogP contribution in [0.5, 0.6) is 0 Å². The molecule has 2 rings (SSSR count). The minimum absolute atomic E-state index is 0.217. The average Bonchev–Trinajstić information content (AvgIpc) is 2.60. The fourth-order valence-corrected chi connectivity index (χ4v) is 1.90. The predicted molar refractivity (Wildman–Crippen MR) is 86.2 cm³/mol. The van der Waals surface area contributed by atoms with Crippen LogP contribution in [0, 0.1) is 6.92 Å². The largest absolute Gasteiger partial charge is 0.444 e. The molecule has 0 aliphatic heterocycles. The highest BCUT2D eigenvalue weighted by atomic mass is 16.5. The second-order valence-corrected chi connectivity index (χ2v) is 4.95. The van der Waals surface area contributed by atoms with Crippen molar-refractivity contribution in [1.29, 1.82) is 0 Å². The minimum atomic E-state index is -1.25. The number of nitrogens with zero attached hydrogens (tertiary/aromatic N) is 1. The number of nitrogens with one attached hydrogen (secondary N) is 2. The van der Waals surface area contributed by atoms with Gasteiger partial charge >= 0.3 is 12.0 Å². The van der Waals surface area contributed by atoms with Gasteiger partial charge in [0.1, 0.15) is 0 Å². The van der Waals surface area contributed by atoms with Crippen molar-refractivity contribution in [2.75, 3.05) is 7.05 Å². The standard InChI is InChI=1S/C17H17N3O4/c1-11-8-9-13(10-19-11)16(22)24-14(12-6-4-3-5-7-12)15(21)20-17(23)18-2/h3-10,14H,1-2H3,(H2,18,20,21,23).